The molecule has 7 heteroatoms. The van der Waals surface area contributed by atoms with Crippen molar-refractivity contribution in [3.63, 3.8) is 0 Å². The molecule has 88 valence electrons. The predicted octanol–water partition coefficient (Wildman–Crippen LogP) is 0.595. The topological polar surface area (TPSA) is 103 Å². The fourth-order valence-corrected chi connectivity index (χ4v) is 1.32. The molecule has 2 rings (SSSR count). The van der Waals surface area contributed by atoms with Crippen LogP contribution in [0.4, 0.5) is 0 Å². The van der Waals surface area contributed by atoms with Crippen LogP contribution in [-0.2, 0) is 7.05 Å². The monoisotopic (exact) mass is 232 g/mol. The molecule has 0 saturated heterocycles. The van der Waals surface area contributed by atoms with Gasteiger partial charge in [-0.05, 0) is 13.0 Å². The number of nitrogen functional groups attached to an aromatic ring is 1. The van der Waals surface area contributed by atoms with Crippen LogP contribution >= 0.6 is 0 Å². The number of nitrogens with one attached hydrogen (secondary N) is 1. The second-order valence-electron chi connectivity index (χ2n) is 3.49. The number of aryl methyl sites for hydroxylation is 2. The minimum atomic E-state index is -0.126. The molecule has 0 fully saturated rings. The number of rotatable bonds is 3. The summed E-state index contributed by atoms with van der Waals surface area (Å²) in [5.74, 6) is 0.404. The van der Waals surface area contributed by atoms with Crippen LogP contribution in [-0.4, -0.2) is 25.6 Å². The van der Waals surface area contributed by atoms with E-state index in [1.54, 1.807) is 23.9 Å². The van der Waals surface area contributed by atoms with Crippen LogP contribution < -0.4 is 10.5 Å². The van der Waals surface area contributed by atoms with E-state index in [-0.39, 0.29) is 11.8 Å². The van der Waals surface area contributed by atoms with Gasteiger partial charge in [-0.15, -0.1) is 0 Å². The standard InChI is InChI=1S/C10H12N6O/c1-6-5-8(16(2)15-6)17-10-13-4-3-7(14-10)9(11)12/h3-5H,1-2H3,(H3,11,12). The van der Waals surface area contributed by atoms with Crippen molar-refractivity contribution in [1.82, 2.24) is 19.7 Å². The van der Waals surface area contributed by atoms with Gasteiger partial charge < -0.3 is 10.5 Å². The van der Waals surface area contributed by atoms with Crippen molar-refractivity contribution in [1.29, 1.82) is 5.41 Å². The van der Waals surface area contributed by atoms with Crippen LogP contribution in [0.25, 0.3) is 0 Å². The molecule has 0 aliphatic rings. The number of nitrogens with zero attached hydrogens (tertiary/aromatic N) is 4. The molecule has 0 aliphatic heterocycles. The van der Waals surface area contributed by atoms with E-state index in [2.05, 4.69) is 15.1 Å². The van der Waals surface area contributed by atoms with Gasteiger partial charge in [-0.3, -0.25) is 5.41 Å². The highest BCUT2D eigenvalue weighted by Gasteiger charge is 2.08. The smallest absolute Gasteiger partial charge is 0.323 e. The quantitative estimate of drug-likeness (QED) is 0.595. The Morgan fingerprint density at radius 2 is 2.29 bits per heavy atom. The Hall–Kier alpha value is -2.44. The Balaban J connectivity index is 2.27. The molecule has 2 heterocycles. The van der Waals surface area contributed by atoms with Crippen LogP contribution in [0.15, 0.2) is 18.3 Å². The van der Waals surface area contributed by atoms with Gasteiger partial charge in [0.2, 0.25) is 5.88 Å². The molecule has 0 unspecified atom stereocenters. The predicted molar refractivity (Wildman–Crippen MR) is 61.1 cm³/mol. The summed E-state index contributed by atoms with van der Waals surface area (Å²) in [6, 6.07) is 3.45. The lowest BCUT2D eigenvalue weighted by atomic mass is 10.4. The average Bonchev–Trinajstić information content (AvgIpc) is 2.58. The van der Waals surface area contributed by atoms with Crippen molar-refractivity contribution < 1.29 is 4.74 Å². The van der Waals surface area contributed by atoms with Gasteiger partial charge >= 0.3 is 6.01 Å². The number of ether oxygens (including phenoxy) is 1. The van der Waals surface area contributed by atoms with E-state index in [4.69, 9.17) is 15.9 Å². The van der Waals surface area contributed by atoms with Crippen LogP contribution in [0.3, 0.4) is 0 Å². The number of aromatic nitrogens is 4. The van der Waals surface area contributed by atoms with E-state index in [1.807, 2.05) is 6.92 Å². The van der Waals surface area contributed by atoms with Crippen LogP contribution in [0.5, 0.6) is 11.9 Å². The van der Waals surface area contributed by atoms with Crippen molar-refractivity contribution in [2.75, 3.05) is 0 Å². The summed E-state index contributed by atoms with van der Waals surface area (Å²) < 4.78 is 7.03. The molecule has 0 saturated carbocycles. The number of nitrogens with two attached hydrogens (primary N) is 1. The van der Waals surface area contributed by atoms with Crippen molar-refractivity contribution in [3.05, 3.63) is 29.7 Å². The van der Waals surface area contributed by atoms with Crippen LogP contribution in [0.1, 0.15) is 11.4 Å². The summed E-state index contributed by atoms with van der Waals surface area (Å²) in [5, 5.41) is 11.4. The van der Waals surface area contributed by atoms with E-state index in [9.17, 15) is 0 Å². The first kappa shape index (κ1) is 11.1. The SMILES string of the molecule is Cc1cc(Oc2nccc(C(=N)N)n2)n(C)n1. The highest BCUT2D eigenvalue weighted by atomic mass is 16.5. The summed E-state index contributed by atoms with van der Waals surface area (Å²) in [6.45, 7) is 1.86. The zero-order valence-electron chi connectivity index (χ0n) is 9.51. The first-order valence-electron chi connectivity index (χ1n) is 4.92. The average molecular weight is 232 g/mol. The molecule has 0 aromatic carbocycles. The maximum Gasteiger partial charge on any atom is 0.323 e. The Bertz CT molecular complexity index is 562. The van der Waals surface area contributed by atoms with Gasteiger partial charge in [-0.1, -0.05) is 0 Å². The third kappa shape index (κ3) is 2.39. The van der Waals surface area contributed by atoms with Crippen molar-refractivity contribution in [3.8, 4) is 11.9 Å². The van der Waals surface area contributed by atoms with Gasteiger partial charge in [-0.2, -0.15) is 10.1 Å². The minimum absolute atomic E-state index is 0.126. The van der Waals surface area contributed by atoms with E-state index in [0.29, 0.717) is 11.6 Å². The largest absolute Gasteiger partial charge is 0.405 e. The molecule has 0 bridgehead atoms. The van der Waals surface area contributed by atoms with Gasteiger partial charge in [0.25, 0.3) is 0 Å². The zero-order chi connectivity index (χ0) is 12.4. The molecule has 0 radical (unpaired) electrons. The summed E-state index contributed by atoms with van der Waals surface area (Å²) in [6.07, 6.45) is 1.49. The van der Waals surface area contributed by atoms with E-state index in [0.717, 1.165) is 5.69 Å². The molecule has 0 amide bonds. The second kappa shape index (κ2) is 4.20. The normalized spacial score (nSPS) is 10.2. The molecule has 0 atom stereocenters. The summed E-state index contributed by atoms with van der Waals surface area (Å²) in [4.78, 5) is 7.93. The summed E-state index contributed by atoms with van der Waals surface area (Å²) in [5.41, 5.74) is 6.50. The molecule has 2 aromatic rings. The highest BCUT2D eigenvalue weighted by molar-refractivity contribution is 5.92. The van der Waals surface area contributed by atoms with Crippen molar-refractivity contribution in [2.45, 2.75) is 6.92 Å². The maximum atomic E-state index is 7.27. The minimum Gasteiger partial charge on any atom is -0.405 e. The molecule has 2 aromatic heterocycles. The second-order valence-corrected chi connectivity index (χ2v) is 3.49. The van der Waals surface area contributed by atoms with Gasteiger partial charge in [0.05, 0.1) is 5.69 Å². The fraction of sp³-hybridized carbons (Fsp3) is 0.200. The Morgan fingerprint density at radius 3 is 2.88 bits per heavy atom. The lowest BCUT2D eigenvalue weighted by molar-refractivity contribution is 0.398. The fourth-order valence-electron chi connectivity index (χ4n) is 1.32. The molecule has 17 heavy (non-hydrogen) atoms. The third-order valence-electron chi connectivity index (χ3n) is 2.06. The zero-order valence-corrected chi connectivity index (χ0v) is 9.51. The Labute approximate surface area is 97.8 Å². The number of hydrogen-bond acceptors (Lipinski definition) is 5. The van der Waals surface area contributed by atoms with Crippen LogP contribution in [0.2, 0.25) is 0 Å². The van der Waals surface area contributed by atoms with Crippen molar-refractivity contribution >= 4 is 5.84 Å². The van der Waals surface area contributed by atoms with Gasteiger partial charge in [0, 0.05) is 19.3 Å². The maximum absolute atomic E-state index is 7.27. The van der Waals surface area contributed by atoms with Gasteiger partial charge in [0.15, 0.2) is 0 Å². The molecular weight excluding hydrogens is 220 g/mol. The van der Waals surface area contributed by atoms with Crippen LogP contribution in [0, 0.1) is 12.3 Å². The van der Waals surface area contributed by atoms with E-state index in [1.165, 1.54) is 6.20 Å². The van der Waals surface area contributed by atoms with Gasteiger partial charge in [-0.25, -0.2) is 9.67 Å². The number of hydrogen-bond donors (Lipinski definition) is 2. The third-order valence-corrected chi connectivity index (χ3v) is 2.06. The lowest BCUT2D eigenvalue weighted by Gasteiger charge is -2.04. The highest BCUT2D eigenvalue weighted by Crippen LogP contribution is 2.17. The molecule has 3 N–H and O–H groups in total. The molecule has 0 spiro atoms. The molecule has 7 nitrogen and oxygen atoms in total. The van der Waals surface area contributed by atoms with E-state index >= 15 is 0 Å². The first-order valence-corrected chi connectivity index (χ1v) is 4.92. The number of amidine groups is 1. The first-order chi connectivity index (χ1) is 8.06. The molecular formula is C10H12N6O. The van der Waals surface area contributed by atoms with Gasteiger partial charge in [0.1, 0.15) is 11.5 Å². The summed E-state index contributed by atoms with van der Waals surface area (Å²) >= 11 is 0. The Morgan fingerprint density at radius 1 is 1.53 bits per heavy atom. The van der Waals surface area contributed by atoms with E-state index < -0.39 is 0 Å². The lowest BCUT2D eigenvalue weighted by Crippen LogP contribution is -2.13. The van der Waals surface area contributed by atoms with Crippen molar-refractivity contribution in [2.24, 2.45) is 12.8 Å². The summed E-state index contributed by atoms with van der Waals surface area (Å²) in [7, 11) is 1.76. The Kier molecular flexibility index (Phi) is 2.73. The molecule has 0 aliphatic carbocycles.